The van der Waals surface area contributed by atoms with Gasteiger partial charge in [-0.05, 0) is 30.9 Å². The van der Waals surface area contributed by atoms with Gasteiger partial charge in [-0.3, -0.25) is 14.9 Å². The number of amides is 2. The van der Waals surface area contributed by atoms with Crippen molar-refractivity contribution in [1.29, 1.82) is 5.26 Å². The highest BCUT2D eigenvalue weighted by Crippen LogP contribution is 2.39. The summed E-state index contributed by atoms with van der Waals surface area (Å²) in [7, 11) is 0. The van der Waals surface area contributed by atoms with Crippen LogP contribution in [-0.2, 0) is 4.79 Å². The number of carbonyl (C=O) groups excluding carboxylic acids is 1. The molecule has 1 saturated carbocycles. The number of aromatic nitrogens is 2. The molecule has 31 heavy (non-hydrogen) atoms. The maximum atomic E-state index is 12.0. The zero-order chi connectivity index (χ0) is 22.5. The maximum absolute atomic E-state index is 12.0. The minimum absolute atomic E-state index is 0.0927. The number of carbonyl (C=O) groups is 2. The second kappa shape index (κ2) is 9.51. The highest BCUT2D eigenvalue weighted by molar-refractivity contribution is 6.37. The Labute approximate surface area is 185 Å². The Morgan fingerprint density at radius 1 is 1.29 bits per heavy atom. The smallest absolute Gasteiger partial charge is 0.411 e. The monoisotopic (exact) mass is 463 g/mol. The predicted molar refractivity (Wildman–Crippen MR) is 111 cm³/mol. The fourth-order valence-corrected chi connectivity index (χ4v) is 3.35. The van der Waals surface area contributed by atoms with Crippen LogP contribution in [-0.4, -0.2) is 27.3 Å². The number of anilines is 1. The lowest BCUT2D eigenvalue weighted by Crippen LogP contribution is -2.29. The lowest BCUT2D eigenvalue weighted by atomic mass is 9.81. The first-order valence-electron chi connectivity index (χ1n) is 8.96. The SMILES string of the molecule is N#CC(=CNc1cc(Cl)c(Oc2cc(C3CCC3)c(=O)[nH]n2)c(Cl)c1)C(=O)NC(=O)O. The molecule has 1 aliphatic carbocycles. The van der Waals surface area contributed by atoms with E-state index in [9.17, 15) is 14.4 Å². The summed E-state index contributed by atoms with van der Waals surface area (Å²) in [5, 5.41) is 28.2. The molecule has 10 nitrogen and oxygen atoms in total. The molecule has 4 N–H and O–H groups in total. The van der Waals surface area contributed by atoms with Gasteiger partial charge in [-0.2, -0.15) is 5.26 Å². The summed E-state index contributed by atoms with van der Waals surface area (Å²) in [6.07, 6.45) is 2.34. The van der Waals surface area contributed by atoms with Crippen molar-refractivity contribution in [3.8, 4) is 17.7 Å². The minimum Gasteiger partial charge on any atom is -0.465 e. The van der Waals surface area contributed by atoms with Gasteiger partial charge in [0.25, 0.3) is 11.5 Å². The molecule has 0 spiro atoms. The van der Waals surface area contributed by atoms with Crippen LogP contribution >= 0.6 is 23.2 Å². The zero-order valence-corrected chi connectivity index (χ0v) is 17.3. The number of hydrogen-bond acceptors (Lipinski definition) is 7. The Kier molecular flexibility index (Phi) is 6.79. The third kappa shape index (κ3) is 5.33. The summed E-state index contributed by atoms with van der Waals surface area (Å²) in [6.45, 7) is 0. The van der Waals surface area contributed by atoms with Crippen LogP contribution in [0, 0.1) is 11.3 Å². The van der Waals surface area contributed by atoms with Crippen molar-refractivity contribution in [2.75, 3.05) is 5.32 Å². The van der Waals surface area contributed by atoms with Gasteiger partial charge in [-0.1, -0.05) is 29.6 Å². The average Bonchev–Trinajstić information content (AvgIpc) is 2.65. The Balaban J connectivity index is 1.79. The lowest BCUT2D eigenvalue weighted by Gasteiger charge is -2.24. The van der Waals surface area contributed by atoms with Crippen molar-refractivity contribution in [3.63, 3.8) is 0 Å². The van der Waals surface area contributed by atoms with E-state index in [0.717, 1.165) is 25.5 Å². The molecule has 0 radical (unpaired) electrons. The van der Waals surface area contributed by atoms with Gasteiger partial charge in [0, 0.05) is 23.5 Å². The molecule has 0 saturated heterocycles. The van der Waals surface area contributed by atoms with Gasteiger partial charge in [-0.15, -0.1) is 5.10 Å². The quantitative estimate of drug-likeness (QED) is 0.372. The second-order valence-electron chi connectivity index (χ2n) is 6.56. The van der Waals surface area contributed by atoms with Crippen molar-refractivity contribution in [3.05, 3.63) is 55.9 Å². The Hall–Kier alpha value is -3.55. The van der Waals surface area contributed by atoms with E-state index in [1.54, 1.807) is 17.5 Å². The summed E-state index contributed by atoms with van der Waals surface area (Å²) in [6, 6.07) is 5.97. The van der Waals surface area contributed by atoms with Gasteiger partial charge in [0.1, 0.15) is 11.6 Å². The minimum atomic E-state index is -1.59. The zero-order valence-electron chi connectivity index (χ0n) is 15.7. The van der Waals surface area contributed by atoms with E-state index >= 15 is 0 Å². The van der Waals surface area contributed by atoms with Gasteiger partial charge in [0.15, 0.2) is 5.75 Å². The topological polar surface area (TPSA) is 157 Å². The first-order valence-corrected chi connectivity index (χ1v) is 9.71. The number of aromatic amines is 1. The number of ether oxygens (including phenoxy) is 1. The largest absolute Gasteiger partial charge is 0.465 e. The molecule has 1 aromatic heterocycles. The number of nitrogens with zero attached hydrogens (tertiary/aromatic N) is 2. The van der Waals surface area contributed by atoms with Crippen molar-refractivity contribution in [2.24, 2.45) is 0 Å². The molecule has 1 aliphatic rings. The van der Waals surface area contributed by atoms with Crippen LogP contribution in [0.1, 0.15) is 30.7 Å². The molecular weight excluding hydrogens is 449 g/mol. The first kappa shape index (κ1) is 22.1. The van der Waals surface area contributed by atoms with E-state index in [1.165, 1.54) is 12.1 Å². The van der Waals surface area contributed by atoms with Crippen LogP contribution in [0.15, 0.2) is 34.8 Å². The number of nitriles is 1. The number of imide groups is 1. The summed E-state index contributed by atoms with van der Waals surface area (Å²) in [5.74, 6) is -0.693. The van der Waals surface area contributed by atoms with Crippen LogP contribution in [0.2, 0.25) is 10.0 Å². The van der Waals surface area contributed by atoms with E-state index in [1.807, 2.05) is 0 Å². The van der Waals surface area contributed by atoms with E-state index in [2.05, 4.69) is 15.5 Å². The summed E-state index contributed by atoms with van der Waals surface area (Å²) in [5.41, 5.74) is 0.162. The van der Waals surface area contributed by atoms with Gasteiger partial charge < -0.3 is 15.2 Å². The molecule has 0 aliphatic heterocycles. The van der Waals surface area contributed by atoms with Crippen molar-refractivity contribution < 1.29 is 19.4 Å². The molecule has 3 rings (SSSR count). The van der Waals surface area contributed by atoms with Crippen LogP contribution in [0.5, 0.6) is 11.6 Å². The van der Waals surface area contributed by atoms with Crippen LogP contribution in [0.4, 0.5) is 10.5 Å². The second-order valence-corrected chi connectivity index (χ2v) is 7.38. The van der Waals surface area contributed by atoms with E-state index in [0.29, 0.717) is 11.3 Å². The fourth-order valence-electron chi connectivity index (χ4n) is 2.79. The molecular formula is C19H15Cl2N5O5. The molecule has 12 heteroatoms. The number of benzene rings is 1. The number of nitrogens with one attached hydrogen (secondary N) is 3. The van der Waals surface area contributed by atoms with Crippen LogP contribution < -0.4 is 20.9 Å². The summed E-state index contributed by atoms with van der Waals surface area (Å²) in [4.78, 5) is 34.1. The average molecular weight is 464 g/mol. The Morgan fingerprint density at radius 3 is 2.52 bits per heavy atom. The molecule has 0 atom stereocenters. The van der Waals surface area contributed by atoms with Gasteiger partial charge >= 0.3 is 6.09 Å². The molecule has 1 heterocycles. The van der Waals surface area contributed by atoms with Crippen molar-refractivity contribution in [2.45, 2.75) is 25.2 Å². The predicted octanol–water partition coefficient (Wildman–Crippen LogP) is 3.75. The maximum Gasteiger partial charge on any atom is 0.411 e. The number of hydrogen-bond donors (Lipinski definition) is 4. The number of rotatable bonds is 6. The molecule has 2 amide bonds. The molecule has 160 valence electrons. The van der Waals surface area contributed by atoms with E-state index in [4.69, 9.17) is 38.3 Å². The molecule has 2 aromatic rings. The molecule has 0 bridgehead atoms. The lowest BCUT2D eigenvalue weighted by molar-refractivity contribution is -0.116. The highest BCUT2D eigenvalue weighted by atomic mass is 35.5. The van der Waals surface area contributed by atoms with Crippen LogP contribution in [0.25, 0.3) is 0 Å². The first-order chi connectivity index (χ1) is 14.8. The summed E-state index contributed by atoms with van der Waals surface area (Å²) >= 11 is 12.5. The normalized spacial score (nSPS) is 13.6. The van der Waals surface area contributed by atoms with Gasteiger partial charge in [-0.25, -0.2) is 9.89 Å². The van der Waals surface area contributed by atoms with E-state index < -0.39 is 17.6 Å². The third-order valence-corrected chi connectivity index (χ3v) is 5.09. The number of H-pyrrole nitrogens is 1. The number of halogens is 2. The summed E-state index contributed by atoms with van der Waals surface area (Å²) < 4.78 is 5.67. The van der Waals surface area contributed by atoms with Crippen molar-refractivity contribution in [1.82, 2.24) is 15.5 Å². The van der Waals surface area contributed by atoms with E-state index in [-0.39, 0.29) is 33.2 Å². The molecule has 1 aromatic carbocycles. The van der Waals surface area contributed by atoms with Crippen molar-refractivity contribution >= 4 is 40.9 Å². The molecule has 1 fully saturated rings. The third-order valence-electron chi connectivity index (χ3n) is 4.53. The number of carboxylic acid groups (broad SMARTS) is 1. The fraction of sp³-hybridized carbons (Fsp3) is 0.211. The van der Waals surface area contributed by atoms with Gasteiger partial charge in [0.2, 0.25) is 5.88 Å². The van der Waals surface area contributed by atoms with Gasteiger partial charge in [0.05, 0.1) is 10.0 Å². The standard InChI is InChI=1S/C19H15Cl2N5O5/c20-13-4-11(23-8-10(7-22)17(27)24-19(29)30)5-14(21)16(13)31-15-6-12(9-2-1-3-9)18(28)26-25-15/h4-6,8-9,23H,1-3H2,(H,24,27)(H,26,28)(H,29,30). The van der Waals surface area contributed by atoms with Crippen LogP contribution in [0.3, 0.4) is 0 Å². The Morgan fingerprint density at radius 2 is 1.97 bits per heavy atom. The molecule has 0 unspecified atom stereocenters. The highest BCUT2D eigenvalue weighted by Gasteiger charge is 2.23. The Bertz CT molecular complexity index is 1140.